The van der Waals surface area contributed by atoms with Gasteiger partial charge in [0.1, 0.15) is 0 Å². The lowest BCUT2D eigenvalue weighted by molar-refractivity contribution is 0.241. The molecular weight excluding hydrogens is 342 g/mol. The Bertz CT molecular complexity index is 846. The molecule has 3 aromatic rings. The molecule has 7 nitrogen and oxygen atoms in total. The van der Waals surface area contributed by atoms with E-state index in [-0.39, 0.29) is 6.03 Å². The molecule has 0 atom stereocenters. The van der Waals surface area contributed by atoms with Crippen LogP contribution in [0.25, 0.3) is 11.5 Å². The first-order valence-electron chi connectivity index (χ1n) is 9.08. The van der Waals surface area contributed by atoms with Crippen molar-refractivity contribution in [1.29, 1.82) is 0 Å². The van der Waals surface area contributed by atoms with Gasteiger partial charge in [0.15, 0.2) is 5.82 Å². The quantitative estimate of drug-likeness (QED) is 0.640. The fraction of sp³-hybridized carbons (Fsp3) is 0.300. The Morgan fingerprint density at radius 2 is 1.81 bits per heavy atom. The van der Waals surface area contributed by atoms with E-state index in [9.17, 15) is 4.79 Å². The standard InChI is InChI=1S/C20H23N5O2/c1-2-18-24-19(27-25-18)16-8-6-15(7-9-16)10-13-22-20(26)23-14-11-17-5-3-4-12-21-17/h3-9,12H,2,10-11,13-14H2,1H3,(H2,22,23,26). The third-order valence-electron chi connectivity index (χ3n) is 4.08. The van der Waals surface area contributed by atoms with Crippen LogP contribution in [0.4, 0.5) is 4.79 Å². The van der Waals surface area contributed by atoms with Crippen LogP contribution in [-0.4, -0.2) is 34.2 Å². The highest BCUT2D eigenvalue weighted by atomic mass is 16.5. The van der Waals surface area contributed by atoms with E-state index < -0.39 is 0 Å². The minimum Gasteiger partial charge on any atom is -0.338 e. The lowest BCUT2D eigenvalue weighted by Crippen LogP contribution is -2.37. The number of aryl methyl sites for hydroxylation is 1. The first-order chi connectivity index (χ1) is 13.2. The molecule has 0 aliphatic heterocycles. The van der Waals surface area contributed by atoms with Crippen LogP contribution in [0.3, 0.4) is 0 Å². The summed E-state index contributed by atoms with van der Waals surface area (Å²) in [4.78, 5) is 20.4. The zero-order valence-electron chi connectivity index (χ0n) is 15.3. The first kappa shape index (κ1) is 18.6. The molecule has 0 saturated heterocycles. The Morgan fingerprint density at radius 3 is 2.48 bits per heavy atom. The summed E-state index contributed by atoms with van der Waals surface area (Å²) in [5, 5.41) is 9.60. The second-order valence-electron chi connectivity index (χ2n) is 6.07. The number of urea groups is 1. The summed E-state index contributed by atoms with van der Waals surface area (Å²) in [7, 11) is 0. The number of carbonyl (C=O) groups excluding carboxylic acids is 1. The topological polar surface area (TPSA) is 92.9 Å². The summed E-state index contributed by atoms with van der Waals surface area (Å²) in [6, 6.07) is 13.5. The fourth-order valence-electron chi connectivity index (χ4n) is 2.56. The highest BCUT2D eigenvalue weighted by molar-refractivity contribution is 5.73. The average molecular weight is 365 g/mol. The second kappa shape index (κ2) is 9.47. The molecule has 0 unspecified atom stereocenters. The number of nitrogens with zero attached hydrogens (tertiary/aromatic N) is 3. The Hall–Kier alpha value is -3.22. The molecule has 0 aliphatic rings. The van der Waals surface area contributed by atoms with Gasteiger partial charge in [-0.3, -0.25) is 4.98 Å². The molecule has 140 valence electrons. The Balaban J connectivity index is 1.37. The Labute approximate surface area is 158 Å². The number of carbonyl (C=O) groups is 1. The van der Waals surface area contributed by atoms with Crippen molar-refractivity contribution < 1.29 is 9.32 Å². The van der Waals surface area contributed by atoms with Gasteiger partial charge in [-0.05, 0) is 36.2 Å². The van der Waals surface area contributed by atoms with E-state index in [4.69, 9.17) is 4.52 Å². The maximum absolute atomic E-state index is 11.8. The first-order valence-corrected chi connectivity index (χ1v) is 9.08. The van der Waals surface area contributed by atoms with E-state index >= 15 is 0 Å². The molecule has 2 heterocycles. The lowest BCUT2D eigenvalue weighted by Gasteiger charge is -2.07. The highest BCUT2D eigenvalue weighted by Crippen LogP contribution is 2.18. The van der Waals surface area contributed by atoms with Crippen molar-refractivity contribution in [2.45, 2.75) is 26.2 Å². The van der Waals surface area contributed by atoms with E-state index in [0.29, 0.717) is 31.2 Å². The average Bonchev–Trinajstić information content (AvgIpc) is 3.19. The monoisotopic (exact) mass is 365 g/mol. The Morgan fingerprint density at radius 1 is 1.04 bits per heavy atom. The minimum absolute atomic E-state index is 0.166. The van der Waals surface area contributed by atoms with Gasteiger partial charge in [0.05, 0.1) is 0 Å². The van der Waals surface area contributed by atoms with Gasteiger partial charge < -0.3 is 15.2 Å². The van der Waals surface area contributed by atoms with Crippen LogP contribution in [0.5, 0.6) is 0 Å². The number of rotatable bonds is 8. The highest BCUT2D eigenvalue weighted by Gasteiger charge is 2.07. The van der Waals surface area contributed by atoms with Crippen LogP contribution in [0.1, 0.15) is 24.0 Å². The van der Waals surface area contributed by atoms with Crippen molar-refractivity contribution in [2.75, 3.05) is 13.1 Å². The molecule has 0 spiro atoms. The predicted molar refractivity (Wildman–Crippen MR) is 102 cm³/mol. The summed E-state index contributed by atoms with van der Waals surface area (Å²) in [6.07, 6.45) is 3.96. The van der Waals surface area contributed by atoms with Gasteiger partial charge in [-0.15, -0.1) is 0 Å². The molecule has 7 heteroatoms. The van der Waals surface area contributed by atoms with Gasteiger partial charge in [0.2, 0.25) is 0 Å². The predicted octanol–water partition coefficient (Wildman–Crippen LogP) is 2.78. The van der Waals surface area contributed by atoms with E-state index in [0.717, 1.165) is 29.7 Å². The van der Waals surface area contributed by atoms with Gasteiger partial charge in [0.25, 0.3) is 5.89 Å². The van der Waals surface area contributed by atoms with Crippen molar-refractivity contribution in [1.82, 2.24) is 25.8 Å². The van der Waals surface area contributed by atoms with Crippen molar-refractivity contribution in [2.24, 2.45) is 0 Å². The molecule has 0 bridgehead atoms. The number of hydrogen-bond donors (Lipinski definition) is 2. The van der Waals surface area contributed by atoms with Crippen LogP contribution in [0.15, 0.2) is 53.2 Å². The molecule has 0 fully saturated rings. The number of benzene rings is 1. The summed E-state index contributed by atoms with van der Waals surface area (Å²) in [5.74, 6) is 1.23. The number of pyridine rings is 1. The zero-order chi connectivity index (χ0) is 18.9. The van der Waals surface area contributed by atoms with Crippen LogP contribution in [-0.2, 0) is 19.3 Å². The van der Waals surface area contributed by atoms with E-state index in [1.54, 1.807) is 6.20 Å². The van der Waals surface area contributed by atoms with Crippen molar-refractivity contribution >= 4 is 6.03 Å². The molecule has 0 saturated carbocycles. The van der Waals surface area contributed by atoms with E-state index in [1.165, 1.54) is 0 Å². The molecule has 2 amide bonds. The van der Waals surface area contributed by atoms with E-state index in [2.05, 4.69) is 25.8 Å². The minimum atomic E-state index is -0.166. The number of nitrogens with one attached hydrogen (secondary N) is 2. The number of amides is 2. The summed E-state index contributed by atoms with van der Waals surface area (Å²) in [5.41, 5.74) is 2.99. The van der Waals surface area contributed by atoms with E-state index in [1.807, 2.05) is 49.4 Å². The molecule has 0 radical (unpaired) electrons. The number of aromatic nitrogens is 3. The zero-order valence-corrected chi connectivity index (χ0v) is 15.3. The second-order valence-corrected chi connectivity index (χ2v) is 6.07. The maximum Gasteiger partial charge on any atom is 0.314 e. The molecule has 2 aromatic heterocycles. The molecule has 3 rings (SSSR count). The summed E-state index contributed by atoms with van der Waals surface area (Å²) >= 11 is 0. The van der Waals surface area contributed by atoms with Crippen molar-refractivity contribution in [3.8, 4) is 11.5 Å². The third kappa shape index (κ3) is 5.64. The fourth-order valence-corrected chi connectivity index (χ4v) is 2.56. The maximum atomic E-state index is 11.8. The lowest BCUT2D eigenvalue weighted by atomic mass is 10.1. The largest absolute Gasteiger partial charge is 0.338 e. The molecule has 1 aromatic carbocycles. The molecule has 27 heavy (non-hydrogen) atoms. The van der Waals surface area contributed by atoms with Gasteiger partial charge in [-0.25, -0.2) is 4.79 Å². The van der Waals surface area contributed by atoms with Crippen LogP contribution >= 0.6 is 0 Å². The van der Waals surface area contributed by atoms with Crippen LogP contribution < -0.4 is 10.6 Å². The van der Waals surface area contributed by atoms with Gasteiger partial charge >= 0.3 is 6.03 Å². The third-order valence-corrected chi connectivity index (χ3v) is 4.08. The Kier molecular flexibility index (Phi) is 6.51. The van der Waals surface area contributed by atoms with Gasteiger partial charge in [-0.1, -0.05) is 30.3 Å². The van der Waals surface area contributed by atoms with Gasteiger partial charge in [-0.2, -0.15) is 4.98 Å². The smallest absolute Gasteiger partial charge is 0.314 e. The molecular formula is C20H23N5O2. The molecule has 0 aliphatic carbocycles. The van der Waals surface area contributed by atoms with Crippen LogP contribution in [0, 0.1) is 0 Å². The van der Waals surface area contributed by atoms with Crippen molar-refractivity contribution in [3.63, 3.8) is 0 Å². The SMILES string of the molecule is CCc1noc(-c2ccc(CCNC(=O)NCCc3ccccn3)cc2)n1. The van der Waals surface area contributed by atoms with Gasteiger partial charge in [0, 0.05) is 43.4 Å². The summed E-state index contributed by atoms with van der Waals surface area (Å²) in [6.45, 7) is 3.11. The van der Waals surface area contributed by atoms with Crippen molar-refractivity contribution in [3.05, 3.63) is 65.7 Å². The van der Waals surface area contributed by atoms with Crippen LogP contribution in [0.2, 0.25) is 0 Å². The normalized spacial score (nSPS) is 10.6. The number of hydrogen-bond acceptors (Lipinski definition) is 5. The summed E-state index contributed by atoms with van der Waals surface area (Å²) < 4.78 is 5.23. The molecule has 2 N–H and O–H groups in total.